The molecule has 0 radical (unpaired) electrons. The van der Waals surface area contributed by atoms with Gasteiger partial charge in [0.25, 0.3) is 5.56 Å². The smallest absolute Gasteiger partial charge is 0.317 e. The van der Waals surface area contributed by atoms with Crippen LogP contribution in [0.5, 0.6) is 0 Å². The molecule has 5 nitrogen and oxygen atoms in total. The summed E-state index contributed by atoms with van der Waals surface area (Å²) in [6.45, 7) is 2.63. The zero-order valence-electron chi connectivity index (χ0n) is 10.2. The standard InChI is InChI=1S/C12H19N3O2/c1-14-8-5-11(16)15(12(14)17)9-4-10-2-6-13-7-3-10/h5,8,10,13H,2-4,6-7,9H2,1H3. The van der Waals surface area contributed by atoms with E-state index in [1.54, 1.807) is 7.05 Å². The number of piperidine rings is 1. The van der Waals surface area contributed by atoms with E-state index < -0.39 is 0 Å². The normalized spacial score (nSPS) is 17.2. The molecule has 0 aliphatic carbocycles. The molecular weight excluding hydrogens is 218 g/mol. The van der Waals surface area contributed by atoms with Gasteiger partial charge in [0.1, 0.15) is 0 Å². The second-order valence-corrected chi connectivity index (χ2v) is 4.68. The molecule has 1 aromatic rings. The second kappa shape index (κ2) is 5.31. The number of hydrogen-bond donors (Lipinski definition) is 1. The lowest BCUT2D eigenvalue weighted by atomic mass is 9.95. The summed E-state index contributed by atoms with van der Waals surface area (Å²) in [5.41, 5.74) is -0.409. The van der Waals surface area contributed by atoms with E-state index in [9.17, 15) is 9.59 Å². The molecule has 5 heteroatoms. The van der Waals surface area contributed by atoms with Crippen molar-refractivity contribution >= 4 is 0 Å². The van der Waals surface area contributed by atoms with Crippen molar-refractivity contribution in [1.29, 1.82) is 0 Å². The molecule has 0 amide bonds. The molecule has 0 bridgehead atoms. The highest BCUT2D eigenvalue weighted by Crippen LogP contribution is 2.15. The van der Waals surface area contributed by atoms with E-state index in [1.807, 2.05) is 0 Å². The van der Waals surface area contributed by atoms with E-state index in [-0.39, 0.29) is 11.2 Å². The Hall–Kier alpha value is -1.36. The van der Waals surface area contributed by atoms with E-state index in [2.05, 4.69) is 5.32 Å². The fourth-order valence-electron chi connectivity index (χ4n) is 2.30. The van der Waals surface area contributed by atoms with E-state index in [0.717, 1.165) is 32.4 Å². The Balaban J connectivity index is 2.06. The predicted molar refractivity (Wildman–Crippen MR) is 66.2 cm³/mol. The predicted octanol–water partition coefficient (Wildman–Crippen LogP) is -0.0633. The lowest BCUT2D eigenvalue weighted by Crippen LogP contribution is -2.38. The number of aryl methyl sites for hydroxylation is 1. The summed E-state index contributed by atoms with van der Waals surface area (Å²) in [6, 6.07) is 1.45. The topological polar surface area (TPSA) is 56.0 Å². The molecule has 2 heterocycles. The molecule has 1 aliphatic heterocycles. The Morgan fingerprint density at radius 1 is 1.35 bits per heavy atom. The summed E-state index contributed by atoms with van der Waals surface area (Å²) in [4.78, 5) is 23.4. The highest BCUT2D eigenvalue weighted by atomic mass is 16.2. The number of nitrogens with one attached hydrogen (secondary N) is 1. The van der Waals surface area contributed by atoms with Gasteiger partial charge in [0.2, 0.25) is 0 Å². The van der Waals surface area contributed by atoms with Crippen LogP contribution in [0.3, 0.4) is 0 Å². The summed E-state index contributed by atoms with van der Waals surface area (Å²) in [5, 5.41) is 3.31. The minimum absolute atomic E-state index is 0.193. The SMILES string of the molecule is Cn1ccc(=O)n(CCC2CCNCC2)c1=O. The van der Waals surface area contributed by atoms with E-state index in [1.165, 1.54) is 21.4 Å². The van der Waals surface area contributed by atoms with Gasteiger partial charge in [-0.1, -0.05) is 0 Å². The first kappa shape index (κ1) is 12.1. The zero-order valence-corrected chi connectivity index (χ0v) is 10.2. The fraction of sp³-hybridized carbons (Fsp3) is 0.667. The van der Waals surface area contributed by atoms with Gasteiger partial charge in [0.05, 0.1) is 0 Å². The van der Waals surface area contributed by atoms with Crippen molar-refractivity contribution in [3.63, 3.8) is 0 Å². The van der Waals surface area contributed by atoms with Crippen LogP contribution < -0.4 is 16.6 Å². The molecule has 1 N–H and O–H groups in total. The van der Waals surface area contributed by atoms with Gasteiger partial charge < -0.3 is 9.88 Å². The number of aromatic nitrogens is 2. The Labute approximate surface area is 100 Å². The fourth-order valence-corrected chi connectivity index (χ4v) is 2.30. The molecule has 0 saturated carbocycles. The van der Waals surface area contributed by atoms with Crippen molar-refractivity contribution in [2.24, 2.45) is 13.0 Å². The molecule has 94 valence electrons. The largest absolute Gasteiger partial charge is 0.330 e. The Bertz CT molecular complexity index is 483. The van der Waals surface area contributed by atoms with Crippen LogP contribution in [0.15, 0.2) is 21.9 Å². The van der Waals surface area contributed by atoms with Gasteiger partial charge in [-0.25, -0.2) is 4.79 Å². The van der Waals surface area contributed by atoms with Crippen LogP contribution >= 0.6 is 0 Å². The first-order chi connectivity index (χ1) is 8.18. The van der Waals surface area contributed by atoms with Gasteiger partial charge in [0.15, 0.2) is 0 Å². The van der Waals surface area contributed by atoms with Crippen molar-refractivity contribution < 1.29 is 0 Å². The summed E-state index contributed by atoms with van der Waals surface area (Å²) < 4.78 is 2.78. The van der Waals surface area contributed by atoms with Crippen LogP contribution in [0.2, 0.25) is 0 Å². The van der Waals surface area contributed by atoms with Crippen LogP contribution in [0.1, 0.15) is 19.3 Å². The van der Waals surface area contributed by atoms with Gasteiger partial charge in [-0.15, -0.1) is 0 Å². The summed E-state index contributed by atoms with van der Waals surface area (Å²) in [5.74, 6) is 0.632. The summed E-state index contributed by atoms with van der Waals surface area (Å²) >= 11 is 0. The van der Waals surface area contributed by atoms with Crippen molar-refractivity contribution in [2.45, 2.75) is 25.8 Å². The van der Waals surface area contributed by atoms with Gasteiger partial charge >= 0.3 is 5.69 Å². The molecule has 17 heavy (non-hydrogen) atoms. The maximum absolute atomic E-state index is 11.8. The van der Waals surface area contributed by atoms with Crippen molar-refractivity contribution in [2.75, 3.05) is 13.1 Å². The minimum Gasteiger partial charge on any atom is -0.317 e. The molecule has 1 aliphatic rings. The van der Waals surface area contributed by atoms with E-state index >= 15 is 0 Å². The first-order valence-electron chi connectivity index (χ1n) is 6.15. The zero-order chi connectivity index (χ0) is 12.3. The van der Waals surface area contributed by atoms with Crippen molar-refractivity contribution in [3.8, 4) is 0 Å². The number of nitrogens with zero attached hydrogens (tertiary/aromatic N) is 2. The van der Waals surface area contributed by atoms with Crippen LogP contribution in [0.25, 0.3) is 0 Å². The summed E-state index contributed by atoms with van der Waals surface area (Å²) in [6.07, 6.45) is 4.72. The average Bonchev–Trinajstić information content (AvgIpc) is 2.35. The average molecular weight is 237 g/mol. The Morgan fingerprint density at radius 2 is 2.06 bits per heavy atom. The third-order valence-corrected chi connectivity index (χ3v) is 3.46. The monoisotopic (exact) mass is 237 g/mol. The van der Waals surface area contributed by atoms with Gasteiger partial charge in [0, 0.05) is 25.9 Å². The lowest BCUT2D eigenvalue weighted by molar-refractivity contribution is 0.332. The minimum atomic E-state index is -0.216. The van der Waals surface area contributed by atoms with Crippen LogP contribution in [-0.4, -0.2) is 22.2 Å². The molecular formula is C12H19N3O2. The highest BCUT2D eigenvalue weighted by Gasteiger charge is 2.13. The highest BCUT2D eigenvalue weighted by molar-refractivity contribution is 4.85. The Morgan fingerprint density at radius 3 is 2.76 bits per heavy atom. The quantitative estimate of drug-likeness (QED) is 0.801. The molecule has 0 unspecified atom stereocenters. The van der Waals surface area contributed by atoms with Crippen LogP contribution in [0.4, 0.5) is 0 Å². The third-order valence-electron chi connectivity index (χ3n) is 3.46. The van der Waals surface area contributed by atoms with Gasteiger partial charge in [-0.05, 0) is 38.3 Å². The molecule has 0 aromatic carbocycles. The molecule has 0 atom stereocenters. The first-order valence-corrected chi connectivity index (χ1v) is 6.15. The maximum atomic E-state index is 11.8. The van der Waals surface area contributed by atoms with E-state index in [4.69, 9.17) is 0 Å². The molecule has 2 rings (SSSR count). The number of hydrogen-bond acceptors (Lipinski definition) is 3. The number of rotatable bonds is 3. The Kier molecular flexibility index (Phi) is 3.78. The van der Waals surface area contributed by atoms with Gasteiger partial charge in [-0.2, -0.15) is 0 Å². The van der Waals surface area contributed by atoms with Gasteiger partial charge in [-0.3, -0.25) is 9.36 Å². The second-order valence-electron chi connectivity index (χ2n) is 4.68. The van der Waals surface area contributed by atoms with Crippen LogP contribution in [-0.2, 0) is 13.6 Å². The summed E-state index contributed by atoms with van der Waals surface area (Å²) in [7, 11) is 1.67. The molecule has 1 fully saturated rings. The molecule has 0 spiro atoms. The van der Waals surface area contributed by atoms with Crippen molar-refractivity contribution in [1.82, 2.24) is 14.5 Å². The van der Waals surface area contributed by atoms with Crippen LogP contribution in [0, 0.1) is 5.92 Å². The molecule has 1 saturated heterocycles. The third kappa shape index (κ3) is 2.85. The van der Waals surface area contributed by atoms with E-state index in [0.29, 0.717) is 12.5 Å². The molecule has 1 aromatic heterocycles. The lowest BCUT2D eigenvalue weighted by Gasteiger charge is -2.22. The maximum Gasteiger partial charge on any atom is 0.330 e. The van der Waals surface area contributed by atoms with Crippen molar-refractivity contribution in [3.05, 3.63) is 33.1 Å².